The van der Waals surface area contributed by atoms with Crippen molar-refractivity contribution in [3.8, 4) is 5.75 Å². The number of methoxy groups -OCH3 is 1. The number of aliphatic carboxylic acids is 1. The van der Waals surface area contributed by atoms with Crippen LogP contribution in [0.25, 0.3) is 0 Å². The number of rotatable bonds is 7. The van der Waals surface area contributed by atoms with Crippen molar-refractivity contribution < 1.29 is 19.4 Å². The molecule has 0 unspecified atom stereocenters. The molecule has 1 aromatic heterocycles. The second kappa shape index (κ2) is 7.23. The van der Waals surface area contributed by atoms with Crippen LogP contribution in [-0.2, 0) is 4.79 Å². The molecule has 0 aliphatic carbocycles. The maximum atomic E-state index is 11.6. The summed E-state index contributed by atoms with van der Waals surface area (Å²) in [6.07, 6.45) is -0.0277. The van der Waals surface area contributed by atoms with Crippen LogP contribution >= 0.6 is 11.3 Å². The van der Waals surface area contributed by atoms with Gasteiger partial charge in [-0.3, -0.25) is 9.59 Å². The van der Waals surface area contributed by atoms with E-state index in [0.29, 0.717) is 21.5 Å². The van der Waals surface area contributed by atoms with Crippen LogP contribution in [0.1, 0.15) is 28.7 Å². The van der Waals surface area contributed by atoms with Crippen molar-refractivity contribution >= 4 is 33.9 Å². The van der Waals surface area contributed by atoms with Gasteiger partial charge in [-0.25, -0.2) is 4.98 Å². The minimum atomic E-state index is -0.886. The Morgan fingerprint density at radius 1 is 1.30 bits per heavy atom. The average molecular weight is 334 g/mol. The van der Waals surface area contributed by atoms with Gasteiger partial charge in [0.25, 0.3) is 0 Å². The lowest BCUT2D eigenvalue weighted by Crippen LogP contribution is -2.20. The van der Waals surface area contributed by atoms with Gasteiger partial charge in [-0.15, -0.1) is 0 Å². The number of aromatic nitrogens is 1. The molecule has 2 rings (SSSR count). The minimum Gasteiger partial charge on any atom is -0.497 e. The van der Waals surface area contributed by atoms with E-state index in [1.54, 1.807) is 31.1 Å². The Balaban J connectivity index is 2.38. The molecule has 23 heavy (non-hydrogen) atoms. The fourth-order valence-corrected chi connectivity index (χ4v) is 3.14. The second-order valence-corrected chi connectivity index (χ2v) is 5.94. The molecule has 122 valence electrons. The summed E-state index contributed by atoms with van der Waals surface area (Å²) in [5.41, 5.74) is 1.46. The van der Waals surface area contributed by atoms with Crippen molar-refractivity contribution in [3.63, 3.8) is 0 Å². The van der Waals surface area contributed by atoms with Gasteiger partial charge in [-0.2, -0.15) is 0 Å². The van der Waals surface area contributed by atoms with Gasteiger partial charge in [0.2, 0.25) is 0 Å². The lowest BCUT2D eigenvalue weighted by molar-refractivity contribution is -0.136. The molecule has 1 N–H and O–H groups in total. The van der Waals surface area contributed by atoms with Crippen molar-refractivity contribution in [1.82, 2.24) is 4.98 Å². The lowest BCUT2D eigenvalue weighted by Gasteiger charge is -2.21. The first-order valence-corrected chi connectivity index (χ1v) is 7.85. The number of anilines is 2. The first-order valence-electron chi connectivity index (χ1n) is 7.04. The molecule has 1 heterocycles. The number of thiazole rings is 1. The monoisotopic (exact) mass is 334 g/mol. The summed E-state index contributed by atoms with van der Waals surface area (Å²) in [5, 5.41) is 9.58. The zero-order valence-corrected chi connectivity index (χ0v) is 14.0. The predicted octanol–water partition coefficient (Wildman–Crippen LogP) is 3.28. The number of nitrogens with zero attached hydrogens (tertiary/aromatic N) is 2. The molecule has 0 spiro atoms. The highest BCUT2D eigenvalue weighted by molar-refractivity contribution is 7.17. The van der Waals surface area contributed by atoms with Crippen molar-refractivity contribution in [2.75, 3.05) is 18.6 Å². The number of carbonyl (C=O) groups excluding carboxylic acids is 1. The van der Waals surface area contributed by atoms with E-state index in [9.17, 15) is 9.59 Å². The minimum absolute atomic E-state index is 0.0277. The molecule has 0 aliphatic rings. The van der Waals surface area contributed by atoms with Gasteiger partial charge in [0.15, 0.2) is 10.9 Å². The van der Waals surface area contributed by atoms with Crippen LogP contribution in [0.15, 0.2) is 24.3 Å². The molecule has 6 nitrogen and oxygen atoms in total. The van der Waals surface area contributed by atoms with E-state index in [1.807, 2.05) is 12.1 Å². The zero-order chi connectivity index (χ0) is 17.0. The van der Waals surface area contributed by atoms with Gasteiger partial charge in [0.05, 0.1) is 24.1 Å². The number of hydrogen-bond acceptors (Lipinski definition) is 6. The van der Waals surface area contributed by atoms with Crippen LogP contribution < -0.4 is 9.64 Å². The van der Waals surface area contributed by atoms with E-state index in [1.165, 1.54) is 18.3 Å². The molecule has 0 aliphatic heterocycles. The number of aryl methyl sites for hydroxylation is 1. The third kappa shape index (κ3) is 4.07. The van der Waals surface area contributed by atoms with E-state index >= 15 is 0 Å². The SMILES string of the molecule is COc1ccc(N(CCC(=O)O)c2nc(C)c(C(C)=O)s2)cc1. The number of Topliss-reactive ketones (excluding diaryl/α,β-unsaturated/α-hetero) is 1. The first kappa shape index (κ1) is 17.0. The molecule has 0 saturated heterocycles. The van der Waals surface area contributed by atoms with Gasteiger partial charge in [-0.1, -0.05) is 11.3 Å². The smallest absolute Gasteiger partial charge is 0.305 e. The molecule has 1 aromatic carbocycles. The normalized spacial score (nSPS) is 10.4. The molecule has 0 radical (unpaired) electrons. The van der Waals surface area contributed by atoms with Crippen LogP contribution in [0.2, 0.25) is 0 Å². The molecule has 7 heteroatoms. The number of carboxylic acids is 1. The number of ketones is 1. The molecule has 2 aromatic rings. The number of hydrogen-bond donors (Lipinski definition) is 1. The Labute approximate surface area is 138 Å². The molecule has 0 amide bonds. The van der Waals surface area contributed by atoms with Gasteiger partial charge >= 0.3 is 5.97 Å². The molecular formula is C16H18N2O4S. The Hall–Kier alpha value is -2.41. The molecular weight excluding hydrogens is 316 g/mol. The Bertz CT molecular complexity index is 709. The third-order valence-electron chi connectivity index (χ3n) is 3.27. The van der Waals surface area contributed by atoms with Gasteiger partial charge in [0.1, 0.15) is 5.75 Å². The maximum absolute atomic E-state index is 11.6. The molecule has 0 fully saturated rings. The van der Waals surface area contributed by atoms with E-state index in [2.05, 4.69) is 4.98 Å². The fraction of sp³-hybridized carbons (Fsp3) is 0.312. The van der Waals surface area contributed by atoms with Crippen LogP contribution in [0, 0.1) is 6.92 Å². The molecule has 0 bridgehead atoms. The van der Waals surface area contributed by atoms with Crippen molar-refractivity contribution in [2.24, 2.45) is 0 Å². The van der Waals surface area contributed by atoms with Crippen LogP contribution in [0.5, 0.6) is 5.75 Å². The quantitative estimate of drug-likeness (QED) is 0.783. The van der Waals surface area contributed by atoms with Crippen LogP contribution in [0.3, 0.4) is 0 Å². The summed E-state index contributed by atoms with van der Waals surface area (Å²) in [5.74, 6) is -0.213. The zero-order valence-electron chi connectivity index (χ0n) is 13.2. The topological polar surface area (TPSA) is 79.7 Å². The van der Waals surface area contributed by atoms with E-state index in [0.717, 1.165) is 5.69 Å². The summed E-state index contributed by atoms with van der Waals surface area (Å²) in [6, 6.07) is 7.28. The summed E-state index contributed by atoms with van der Waals surface area (Å²) in [6.45, 7) is 3.55. The van der Waals surface area contributed by atoms with Gasteiger partial charge < -0.3 is 14.7 Å². The number of carbonyl (C=O) groups is 2. The number of carboxylic acid groups (broad SMARTS) is 1. The summed E-state index contributed by atoms with van der Waals surface area (Å²) < 4.78 is 5.14. The number of benzene rings is 1. The molecule has 0 saturated carbocycles. The van der Waals surface area contributed by atoms with Gasteiger partial charge in [0, 0.05) is 19.2 Å². The third-order valence-corrected chi connectivity index (χ3v) is 4.55. The number of ether oxygens (including phenoxy) is 1. The highest BCUT2D eigenvalue weighted by atomic mass is 32.1. The maximum Gasteiger partial charge on any atom is 0.305 e. The van der Waals surface area contributed by atoms with E-state index < -0.39 is 5.97 Å². The van der Waals surface area contributed by atoms with Crippen molar-refractivity contribution in [2.45, 2.75) is 20.3 Å². The van der Waals surface area contributed by atoms with Crippen molar-refractivity contribution in [3.05, 3.63) is 34.8 Å². The standard InChI is InChI=1S/C16H18N2O4S/c1-10-15(11(2)19)23-16(17-10)18(9-8-14(20)21)12-4-6-13(22-3)7-5-12/h4-7H,8-9H2,1-3H3,(H,20,21). The van der Waals surface area contributed by atoms with E-state index in [-0.39, 0.29) is 18.7 Å². The highest BCUT2D eigenvalue weighted by Crippen LogP contribution is 2.32. The highest BCUT2D eigenvalue weighted by Gasteiger charge is 2.19. The summed E-state index contributed by atoms with van der Waals surface area (Å²) in [7, 11) is 1.58. The van der Waals surface area contributed by atoms with E-state index in [4.69, 9.17) is 9.84 Å². The van der Waals surface area contributed by atoms with Crippen LogP contribution in [0.4, 0.5) is 10.8 Å². The Morgan fingerprint density at radius 3 is 2.43 bits per heavy atom. The largest absolute Gasteiger partial charge is 0.497 e. The lowest BCUT2D eigenvalue weighted by atomic mass is 10.2. The van der Waals surface area contributed by atoms with Gasteiger partial charge in [-0.05, 0) is 31.2 Å². The second-order valence-electron chi connectivity index (χ2n) is 4.96. The Morgan fingerprint density at radius 2 is 1.96 bits per heavy atom. The summed E-state index contributed by atoms with van der Waals surface area (Å²) in [4.78, 5) is 29.4. The Kier molecular flexibility index (Phi) is 5.33. The summed E-state index contributed by atoms with van der Waals surface area (Å²) >= 11 is 1.27. The first-order chi connectivity index (χ1) is 10.9. The van der Waals surface area contributed by atoms with Crippen molar-refractivity contribution in [1.29, 1.82) is 0 Å². The fourth-order valence-electron chi connectivity index (χ4n) is 2.13. The van der Waals surface area contributed by atoms with Crippen LogP contribution in [-0.4, -0.2) is 35.5 Å². The average Bonchev–Trinajstić information content (AvgIpc) is 2.90. The predicted molar refractivity (Wildman–Crippen MR) is 89.1 cm³/mol. The molecule has 0 atom stereocenters.